The lowest BCUT2D eigenvalue weighted by Gasteiger charge is -2.36. The fraction of sp³-hybridized carbons (Fsp3) is 0.438. The molecule has 0 unspecified atom stereocenters. The molecule has 2 aliphatic carbocycles. The quantitative estimate of drug-likeness (QED) is 0.338. The highest BCUT2D eigenvalue weighted by atomic mass is 35.5. The van der Waals surface area contributed by atoms with Crippen LogP contribution in [-0.4, -0.2) is 63.5 Å². The third-order valence-electron chi connectivity index (χ3n) is 8.16. The van der Waals surface area contributed by atoms with E-state index >= 15 is 0 Å². The van der Waals surface area contributed by atoms with Crippen molar-refractivity contribution in [2.45, 2.75) is 38.6 Å². The van der Waals surface area contributed by atoms with Gasteiger partial charge in [0.15, 0.2) is 0 Å². The number of ketones is 2. The fourth-order valence-corrected chi connectivity index (χ4v) is 5.89. The number of hydrogen-bond acceptors (Lipinski definition) is 7. The summed E-state index contributed by atoms with van der Waals surface area (Å²) in [5.41, 5.74) is 3.79. The first-order valence-corrected chi connectivity index (χ1v) is 13.9. The van der Waals surface area contributed by atoms with E-state index in [-0.39, 0.29) is 47.9 Å². The monoisotopic (exact) mass is 602 g/mol. The Morgan fingerprint density at radius 2 is 1.32 bits per heavy atom. The maximum Gasteiger partial charge on any atom is 0.228 e. The topological polar surface area (TPSA) is 68.3 Å². The van der Waals surface area contributed by atoms with Gasteiger partial charge in [-0.1, -0.05) is 30.3 Å². The first kappa shape index (κ1) is 32.5. The lowest BCUT2D eigenvalue weighted by atomic mass is 9.89. The van der Waals surface area contributed by atoms with Crippen LogP contribution < -0.4 is 9.64 Å². The minimum atomic E-state index is -0.210. The van der Waals surface area contributed by atoms with Gasteiger partial charge in [0, 0.05) is 49.6 Å². The number of ether oxygens (including phenoxy) is 3. The van der Waals surface area contributed by atoms with Crippen LogP contribution in [0.3, 0.4) is 0 Å². The number of halogens is 2. The second-order valence-electron chi connectivity index (χ2n) is 10.5. The normalized spacial score (nSPS) is 18.2. The van der Waals surface area contributed by atoms with Crippen molar-refractivity contribution < 1.29 is 23.8 Å². The van der Waals surface area contributed by atoms with E-state index in [0.717, 1.165) is 57.7 Å². The first-order chi connectivity index (χ1) is 19.1. The highest BCUT2D eigenvalue weighted by molar-refractivity contribution is 6.23. The summed E-state index contributed by atoms with van der Waals surface area (Å²) in [6.45, 7) is 5.77. The Kier molecular flexibility index (Phi) is 12.1. The van der Waals surface area contributed by atoms with E-state index in [2.05, 4.69) is 64.4 Å². The molecule has 0 saturated carbocycles. The second kappa shape index (κ2) is 15.3. The van der Waals surface area contributed by atoms with Gasteiger partial charge in [-0.25, -0.2) is 0 Å². The summed E-state index contributed by atoms with van der Waals surface area (Å²) < 4.78 is 16.5. The number of nitrogens with zero attached hydrogens (tertiary/aromatic N) is 2. The van der Waals surface area contributed by atoms with Gasteiger partial charge >= 0.3 is 0 Å². The van der Waals surface area contributed by atoms with Crippen molar-refractivity contribution >= 4 is 42.1 Å². The van der Waals surface area contributed by atoms with Crippen LogP contribution in [0.2, 0.25) is 0 Å². The van der Waals surface area contributed by atoms with Gasteiger partial charge in [0.1, 0.15) is 5.75 Å². The van der Waals surface area contributed by atoms with Crippen molar-refractivity contribution in [2.24, 2.45) is 5.92 Å². The van der Waals surface area contributed by atoms with E-state index in [4.69, 9.17) is 14.2 Å². The number of carbonyl (C=O) groups is 2. The highest BCUT2D eigenvalue weighted by Gasteiger charge is 2.37. The summed E-state index contributed by atoms with van der Waals surface area (Å²) in [5, 5.41) is 0. The van der Waals surface area contributed by atoms with Gasteiger partial charge in [0.05, 0.1) is 20.8 Å². The molecule has 0 aromatic heterocycles. The molecule has 5 rings (SSSR count). The summed E-state index contributed by atoms with van der Waals surface area (Å²) in [6.07, 6.45) is 3.77. The van der Waals surface area contributed by atoms with Crippen LogP contribution in [-0.2, 0) is 25.6 Å². The molecule has 1 aliphatic heterocycles. The van der Waals surface area contributed by atoms with Gasteiger partial charge in [-0.05, 0) is 67.9 Å². The Labute approximate surface area is 255 Å². The standard InChI is InChI=1S/C32H38N2O5.2ClH/c1-37-31-29(35)27-14-8-23(9-15-28(27)30(36)32(31)38-2)16-21-39-26-12-10-25(11-13-26)34-19-17-33(18-20-34)22-24-6-4-3-5-7-24;;/h3-7,10-13,23H,8-9,14-22H2,1-2H3;2*1H. The molecule has 2 aromatic rings. The van der Waals surface area contributed by atoms with Crippen LogP contribution in [0.1, 0.15) is 37.7 Å². The van der Waals surface area contributed by atoms with Crippen LogP contribution >= 0.6 is 24.8 Å². The summed E-state index contributed by atoms with van der Waals surface area (Å²) >= 11 is 0. The van der Waals surface area contributed by atoms with Gasteiger partial charge in [-0.3, -0.25) is 14.5 Å². The van der Waals surface area contributed by atoms with Crippen molar-refractivity contribution in [1.29, 1.82) is 0 Å². The predicted octanol–water partition coefficient (Wildman–Crippen LogP) is 5.76. The first-order valence-electron chi connectivity index (χ1n) is 13.9. The predicted molar refractivity (Wildman–Crippen MR) is 165 cm³/mol. The number of Topliss-reactive ketones (excluding diaryl/α,β-unsaturated/α-hetero) is 2. The molecule has 1 saturated heterocycles. The van der Waals surface area contributed by atoms with Gasteiger partial charge in [0.2, 0.25) is 23.1 Å². The van der Waals surface area contributed by atoms with E-state index in [1.165, 1.54) is 25.5 Å². The zero-order chi connectivity index (χ0) is 27.2. The zero-order valence-corrected chi connectivity index (χ0v) is 25.4. The number of methoxy groups -OCH3 is 2. The minimum absolute atomic E-state index is 0. The molecular formula is C32H40Cl2N2O5. The fourth-order valence-electron chi connectivity index (χ4n) is 5.89. The third-order valence-corrected chi connectivity index (χ3v) is 8.16. The highest BCUT2D eigenvalue weighted by Crippen LogP contribution is 2.37. The lowest BCUT2D eigenvalue weighted by Crippen LogP contribution is -2.45. The van der Waals surface area contributed by atoms with Crippen LogP contribution in [0, 0.1) is 5.92 Å². The number of hydrogen-bond donors (Lipinski definition) is 0. The number of rotatable bonds is 9. The van der Waals surface area contributed by atoms with Gasteiger partial charge < -0.3 is 19.1 Å². The summed E-state index contributed by atoms with van der Waals surface area (Å²) in [4.78, 5) is 30.7. The average molecular weight is 604 g/mol. The molecule has 7 nitrogen and oxygen atoms in total. The number of allylic oxidation sites excluding steroid dienone is 2. The largest absolute Gasteiger partial charge is 0.494 e. The molecule has 0 radical (unpaired) electrons. The van der Waals surface area contributed by atoms with Crippen molar-refractivity contribution in [3.63, 3.8) is 0 Å². The van der Waals surface area contributed by atoms with E-state index in [1.807, 2.05) is 0 Å². The molecule has 0 amide bonds. The Bertz CT molecular complexity index is 1200. The molecule has 0 N–H and O–H groups in total. The smallest absolute Gasteiger partial charge is 0.228 e. The maximum atomic E-state index is 12.9. The molecule has 3 aliphatic rings. The Morgan fingerprint density at radius 3 is 1.85 bits per heavy atom. The summed E-state index contributed by atoms with van der Waals surface area (Å²) in [6, 6.07) is 19.1. The van der Waals surface area contributed by atoms with Crippen molar-refractivity contribution in [2.75, 3.05) is 51.9 Å². The lowest BCUT2D eigenvalue weighted by molar-refractivity contribution is -0.121. The number of anilines is 1. The Hall–Kier alpha value is -3.00. The summed E-state index contributed by atoms with van der Waals surface area (Å²) in [5.74, 6) is 0.898. The van der Waals surface area contributed by atoms with Crippen molar-refractivity contribution in [1.82, 2.24) is 4.90 Å². The van der Waals surface area contributed by atoms with Gasteiger partial charge in [0.25, 0.3) is 0 Å². The summed E-state index contributed by atoms with van der Waals surface area (Å²) in [7, 11) is 2.81. The van der Waals surface area contributed by atoms with E-state index in [9.17, 15) is 9.59 Å². The molecule has 222 valence electrons. The minimum Gasteiger partial charge on any atom is -0.494 e. The number of benzene rings is 2. The van der Waals surface area contributed by atoms with E-state index in [0.29, 0.717) is 36.5 Å². The molecule has 1 fully saturated rings. The molecule has 41 heavy (non-hydrogen) atoms. The average Bonchev–Trinajstić information content (AvgIpc) is 3.19. The molecule has 0 bridgehead atoms. The number of piperazine rings is 1. The molecule has 0 atom stereocenters. The van der Waals surface area contributed by atoms with E-state index in [1.54, 1.807) is 0 Å². The van der Waals surface area contributed by atoms with Crippen LogP contribution in [0.15, 0.2) is 77.3 Å². The van der Waals surface area contributed by atoms with Gasteiger partial charge in [-0.2, -0.15) is 0 Å². The molecule has 9 heteroatoms. The van der Waals surface area contributed by atoms with E-state index < -0.39 is 0 Å². The number of carbonyl (C=O) groups excluding carboxylic acids is 2. The maximum absolute atomic E-state index is 12.9. The van der Waals surface area contributed by atoms with Crippen LogP contribution in [0.25, 0.3) is 0 Å². The zero-order valence-electron chi connectivity index (χ0n) is 23.8. The van der Waals surface area contributed by atoms with Crippen LogP contribution in [0.5, 0.6) is 5.75 Å². The molecule has 2 aromatic carbocycles. The van der Waals surface area contributed by atoms with Gasteiger partial charge in [-0.15, -0.1) is 24.8 Å². The third kappa shape index (κ3) is 7.64. The molecule has 0 spiro atoms. The Balaban J connectivity index is 0.00000231. The Morgan fingerprint density at radius 1 is 0.756 bits per heavy atom. The van der Waals surface area contributed by atoms with Crippen LogP contribution in [0.4, 0.5) is 5.69 Å². The SMILES string of the molecule is COC1=C(OC)C(=O)C2=C(CCC(CCOc3ccc(N4CCN(Cc5ccccc5)CC4)cc3)CC2)C1=O.Cl.Cl. The van der Waals surface area contributed by atoms with Crippen molar-refractivity contribution in [3.05, 3.63) is 82.8 Å². The molecular weight excluding hydrogens is 563 g/mol. The molecule has 1 heterocycles. The second-order valence-corrected chi connectivity index (χ2v) is 10.5. The van der Waals surface area contributed by atoms with Crippen molar-refractivity contribution in [3.8, 4) is 5.75 Å².